The Hall–Kier alpha value is -6.69. The van der Waals surface area contributed by atoms with Gasteiger partial charge in [-0.25, -0.2) is 4.98 Å². The number of rotatable bonds is 5. The van der Waals surface area contributed by atoms with Gasteiger partial charge in [0.15, 0.2) is 5.58 Å². The summed E-state index contributed by atoms with van der Waals surface area (Å²) in [6.45, 7) is 0. The van der Waals surface area contributed by atoms with E-state index in [1.54, 1.807) is 0 Å². The number of hydrogen-bond donors (Lipinski definition) is 0. The first kappa shape index (κ1) is 29.1. The number of aromatic nitrogens is 2. The third-order valence-corrected chi connectivity index (χ3v) is 11.3. The summed E-state index contributed by atoms with van der Waals surface area (Å²) >= 11 is 1.84. The molecule has 0 saturated carbocycles. The van der Waals surface area contributed by atoms with Gasteiger partial charge in [-0.05, 0) is 84.2 Å². The molecular weight excluding hydrogens is 655 g/mol. The topological polar surface area (TPSA) is 34.2 Å². The van der Waals surface area contributed by atoms with Crippen LogP contribution < -0.4 is 4.90 Å². The van der Waals surface area contributed by atoms with Crippen molar-refractivity contribution < 1.29 is 4.42 Å². The van der Waals surface area contributed by atoms with Crippen LogP contribution in [0.4, 0.5) is 17.1 Å². The maximum atomic E-state index is 6.31. The highest BCUT2D eigenvalue weighted by atomic mass is 32.1. The largest absolute Gasteiger partial charge is 0.436 e. The Labute approximate surface area is 303 Å². The monoisotopic (exact) mass is 683 g/mol. The molecule has 0 aliphatic rings. The number of thiophene rings is 1. The smallest absolute Gasteiger partial charge is 0.227 e. The van der Waals surface area contributed by atoms with E-state index in [4.69, 9.17) is 9.40 Å². The predicted octanol–water partition coefficient (Wildman–Crippen LogP) is 13.6. The molecule has 0 aliphatic heterocycles. The summed E-state index contributed by atoms with van der Waals surface area (Å²) in [5.74, 6) is 0.616. The lowest BCUT2D eigenvalue weighted by molar-refractivity contribution is 0.620. The fourth-order valence-electron chi connectivity index (χ4n) is 7.79. The third kappa shape index (κ3) is 4.50. The number of hydrogen-bond acceptors (Lipinski definition) is 4. The average molecular weight is 684 g/mol. The van der Waals surface area contributed by atoms with Crippen molar-refractivity contribution in [2.75, 3.05) is 4.90 Å². The van der Waals surface area contributed by atoms with Gasteiger partial charge in [0, 0.05) is 64.6 Å². The molecule has 11 rings (SSSR count). The zero-order chi connectivity index (χ0) is 34.2. The number of oxazole rings is 1. The first-order valence-corrected chi connectivity index (χ1v) is 18.3. The minimum absolute atomic E-state index is 0.616. The molecule has 0 amide bonds. The molecule has 0 unspecified atom stereocenters. The van der Waals surface area contributed by atoms with Crippen LogP contribution in [0.1, 0.15) is 0 Å². The normalized spacial score (nSPS) is 11.8. The Morgan fingerprint density at radius 3 is 2.00 bits per heavy atom. The molecule has 244 valence electrons. The number of nitrogens with zero attached hydrogens (tertiary/aromatic N) is 3. The van der Waals surface area contributed by atoms with E-state index >= 15 is 0 Å². The Morgan fingerprint density at radius 2 is 1.13 bits per heavy atom. The highest BCUT2D eigenvalue weighted by molar-refractivity contribution is 7.25. The quantitative estimate of drug-likeness (QED) is 0.181. The van der Waals surface area contributed by atoms with Crippen LogP contribution in [0.25, 0.3) is 81.0 Å². The SMILES string of the molecule is c1ccc(-n2c3ccccc3c3ccc(N(c4ccc(-c5nc6c(ccc7ccccc76)o5)cc4)c4ccc5c(c4)sc4ccccc45)cc32)cc1. The molecule has 52 heavy (non-hydrogen) atoms. The summed E-state index contributed by atoms with van der Waals surface area (Å²) < 4.78 is 11.3. The number of anilines is 3. The summed E-state index contributed by atoms with van der Waals surface area (Å²) in [6.07, 6.45) is 0. The third-order valence-electron chi connectivity index (χ3n) is 10.2. The summed E-state index contributed by atoms with van der Waals surface area (Å²) in [4.78, 5) is 7.33. The molecule has 0 radical (unpaired) electrons. The highest BCUT2D eigenvalue weighted by Crippen LogP contribution is 2.43. The zero-order valence-electron chi connectivity index (χ0n) is 27.9. The van der Waals surface area contributed by atoms with Crippen molar-refractivity contribution in [2.24, 2.45) is 0 Å². The second kappa shape index (κ2) is 11.4. The summed E-state index contributed by atoms with van der Waals surface area (Å²) in [6, 6.07) is 62.7. The Morgan fingerprint density at radius 1 is 0.481 bits per heavy atom. The van der Waals surface area contributed by atoms with Crippen LogP contribution in [-0.4, -0.2) is 9.55 Å². The second-order valence-electron chi connectivity index (χ2n) is 13.2. The van der Waals surface area contributed by atoms with Crippen LogP contribution in [0.2, 0.25) is 0 Å². The standard InChI is InChI=1S/C47H29N3OS/c1-2-11-32(12-3-1)50-41-16-8-6-14-37(41)38-25-23-34(28-42(38)50)49(35-24-26-40-39-15-7-9-17-44(39)52-45(40)29-35)33-21-18-31(19-22-33)47-48-46-36-13-5-4-10-30(36)20-27-43(46)51-47/h1-29H. The zero-order valence-corrected chi connectivity index (χ0v) is 28.7. The van der Waals surface area contributed by atoms with Gasteiger partial charge in [-0.15, -0.1) is 11.3 Å². The van der Waals surface area contributed by atoms with Gasteiger partial charge >= 0.3 is 0 Å². The molecule has 0 atom stereocenters. The van der Waals surface area contributed by atoms with Gasteiger partial charge in [0.2, 0.25) is 5.89 Å². The average Bonchev–Trinajstić information content (AvgIpc) is 3.90. The molecule has 0 saturated heterocycles. The molecule has 5 heteroatoms. The van der Waals surface area contributed by atoms with Crippen molar-refractivity contribution >= 4 is 92.2 Å². The van der Waals surface area contributed by atoms with Crippen LogP contribution in [0.15, 0.2) is 180 Å². The van der Waals surface area contributed by atoms with Gasteiger partial charge in [-0.2, -0.15) is 0 Å². The first-order valence-electron chi connectivity index (χ1n) is 17.5. The lowest BCUT2D eigenvalue weighted by atomic mass is 10.1. The molecule has 0 spiro atoms. The molecule has 0 N–H and O–H groups in total. The van der Waals surface area contributed by atoms with Crippen molar-refractivity contribution in [2.45, 2.75) is 0 Å². The van der Waals surface area contributed by atoms with Gasteiger partial charge in [0.05, 0.1) is 11.0 Å². The fraction of sp³-hybridized carbons (Fsp3) is 0. The molecule has 0 fully saturated rings. The lowest BCUT2D eigenvalue weighted by Crippen LogP contribution is -2.10. The van der Waals surface area contributed by atoms with Gasteiger partial charge in [-0.3, -0.25) is 0 Å². The van der Waals surface area contributed by atoms with E-state index in [1.165, 1.54) is 36.5 Å². The Balaban J connectivity index is 1.09. The molecule has 3 aromatic heterocycles. The maximum absolute atomic E-state index is 6.31. The highest BCUT2D eigenvalue weighted by Gasteiger charge is 2.19. The van der Waals surface area contributed by atoms with E-state index in [1.807, 2.05) is 23.5 Å². The molecule has 0 aliphatic carbocycles. The molecule has 3 heterocycles. The number of para-hydroxylation sites is 2. The molecular formula is C47H29N3OS. The molecule has 4 nitrogen and oxygen atoms in total. The maximum Gasteiger partial charge on any atom is 0.227 e. The number of benzene rings is 8. The van der Waals surface area contributed by atoms with Crippen LogP contribution in [0.5, 0.6) is 0 Å². The van der Waals surface area contributed by atoms with Crippen LogP contribution >= 0.6 is 11.3 Å². The summed E-state index contributed by atoms with van der Waals surface area (Å²) in [5, 5.41) is 7.29. The van der Waals surface area contributed by atoms with E-state index in [0.717, 1.165) is 55.7 Å². The van der Waals surface area contributed by atoms with Crippen molar-refractivity contribution in [3.63, 3.8) is 0 Å². The van der Waals surface area contributed by atoms with Gasteiger partial charge in [0.25, 0.3) is 0 Å². The van der Waals surface area contributed by atoms with Crippen molar-refractivity contribution in [3.05, 3.63) is 176 Å². The first-order chi connectivity index (χ1) is 25.8. The fourth-order valence-corrected chi connectivity index (χ4v) is 8.93. The van der Waals surface area contributed by atoms with E-state index < -0.39 is 0 Å². The van der Waals surface area contributed by atoms with E-state index in [-0.39, 0.29) is 0 Å². The summed E-state index contributed by atoms with van der Waals surface area (Å²) in [7, 11) is 0. The van der Waals surface area contributed by atoms with Crippen molar-refractivity contribution in [1.29, 1.82) is 0 Å². The lowest BCUT2D eigenvalue weighted by Gasteiger charge is -2.26. The molecule has 0 bridgehead atoms. The van der Waals surface area contributed by atoms with Crippen LogP contribution in [-0.2, 0) is 0 Å². The summed E-state index contributed by atoms with van der Waals surface area (Å²) in [5.41, 5.74) is 9.32. The van der Waals surface area contributed by atoms with Crippen molar-refractivity contribution in [1.82, 2.24) is 9.55 Å². The predicted molar refractivity (Wildman–Crippen MR) is 219 cm³/mol. The minimum Gasteiger partial charge on any atom is -0.436 e. The van der Waals surface area contributed by atoms with Crippen molar-refractivity contribution in [3.8, 4) is 17.1 Å². The number of fused-ring (bicyclic) bond motifs is 9. The van der Waals surface area contributed by atoms with E-state index in [2.05, 4.69) is 173 Å². The Bertz CT molecular complexity index is 3140. The van der Waals surface area contributed by atoms with E-state index in [0.29, 0.717) is 5.89 Å². The van der Waals surface area contributed by atoms with Gasteiger partial charge in [-0.1, -0.05) is 97.1 Å². The molecule has 11 aromatic rings. The second-order valence-corrected chi connectivity index (χ2v) is 14.3. The minimum atomic E-state index is 0.616. The van der Waals surface area contributed by atoms with Crippen LogP contribution in [0, 0.1) is 0 Å². The Kier molecular flexibility index (Phi) is 6.39. The van der Waals surface area contributed by atoms with Gasteiger partial charge in [0.1, 0.15) is 5.52 Å². The molecule has 8 aromatic carbocycles. The van der Waals surface area contributed by atoms with E-state index in [9.17, 15) is 0 Å². The van der Waals surface area contributed by atoms with Gasteiger partial charge < -0.3 is 13.9 Å². The van der Waals surface area contributed by atoms with Crippen LogP contribution in [0.3, 0.4) is 0 Å².